The summed E-state index contributed by atoms with van der Waals surface area (Å²) in [5, 5.41) is 21.5. The van der Waals surface area contributed by atoms with Gasteiger partial charge < -0.3 is 29.4 Å². The highest BCUT2D eigenvalue weighted by Crippen LogP contribution is 2.42. The second-order valence-electron chi connectivity index (χ2n) is 10.5. The molecule has 224 valence electrons. The number of ether oxygens (including phenoxy) is 3. The number of methoxy groups -OCH3 is 2. The Labute approximate surface area is 259 Å². The van der Waals surface area contributed by atoms with Gasteiger partial charge in [0.25, 0.3) is 0 Å². The predicted octanol–water partition coefficient (Wildman–Crippen LogP) is 7.88. The van der Waals surface area contributed by atoms with E-state index < -0.39 is 5.97 Å². The minimum absolute atomic E-state index is 0.0710. The van der Waals surface area contributed by atoms with E-state index in [0.717, 1.165) is 24.8 Å². The van der Waals surface area contributed by atoms with E-state index in [-0.39, 0.29) is 33.9 Å². The minimum atomic E-state index is -0.532. The van der Waals surface area contributed by atoms with Gasteiger partial charge in [0.15, 0.2) is 34.6 Å². The number of cyclic esters (lactones) is 1. The summed E-state index contributed by atoms with van der Waals surface area (Å²) in [6.45, 7) is 3.72. The number of nitrogens with zero attached hydrogens (tertiary/aromatic N) is 1. The van der Waals surface area contributed by atoms with E-state index in [1.54, 1.807) is 19.1 Å². The highest BCUT2D eigenvalue weighted by atomic mass is 35.5. The fraction of sp³-hybridized carbons (Fsp3) is 0.273. The number of aromatic hydroxyl groups is 2. The molecule has 1 aliphatic heterocycles. The number of aromatic amines is 1. The van der Waals surface area contributed by atoms with Crippen molar-refractivity contribution in [3.63, 3.8) is 0 Å². The van der Waals surface area contributed by atoms with E-state index >= 15 is 0 Å². The summed E-state index contributed by atoms with van der Waals surface area (Å²) in [5.41, 5.74) is 6.99. The van der Waals surface area contributed by atoms with Crippen molar-refractivity contribution in [2.45, 2.75) is 45.4 Å². The molecule has 1 aliphatic carbocycles. The first-order chi connectivity index (χ1) is 20.6. The highest BCUT2D eigenvalue weighted by molar-refractivity contribution is 6.34. The van der Waals surface area contributed by atoms with Gasteiger partial charge in [0.2, 0.25) is 0 Å². The summed E-state index contributed by atoms with van der Waals surface area (Å²) in [4.78, 5) is 19.0. The third kappa shape index (κ3) is 6.17. The Bertz CT molecular complexity index is 1780. The first kappa shape index (κ1) is 30.3. The number of aromatic nitrogens is 1. The van der Waals surface area contributed by atoms with E-state index in [1.807, 2.05) is 6.07 Å². The monoisotopic (exact) mass is 622 g/mol. The van der Waals surface area contributed by atoms with E-state index in [0.29, 0.717) is 22.3 Å². The van der Waals surface area contributed by atoms with Gasteiger partial charge >= 0.3 is 5.97 Å². The smallest absolute Gasteiger partial charge is 0.363 e. The lowest BCUT2D eigenvalue weighted by Crippen LogP contribution is -2.12. The molecule has 2 aliphatic rings. The molecular weight excluding hydrogens is 591 g/mol. The average molecular weight is 624 g/mol. The van der Waals surface area contributed by atoms with Crippen LogP contribution in [0.3, 0.4) is 0 Å². The maximum Gasteiger partial charge on any atom is 0.363 e. The number of aryl methyl sites for hydroxylation is 2. The normalized spacial score (nSPS) is 16.8. The molecule has 8 nitrogen and oxygen atoms in total. The van der Waals surface area contributed by atoms with Crippen LogP contribution in [0.25, 0.3) is 17.0 Å². The van der Waals surface area contributed by atoms with E-state index in [9.17, 15) is 15.0 Å². The maximum atomic E-state index is 11.4. The Hall–Kier alpha value is -4.14. The summed E-state index contributed by atoms with van der Waals surface area (Å²) in [7, 11) is 2.92. The molecule has 1 aromatic heterocycles. The van der Waals surface area contributed by atoms with E-state index in [1.165, 1.54) is 60.5 Å². The Morgan fingerprint density at radius 1 is 1.02 bits per heavy atom. The number of carbonyl (C=O) groups excluding carboxylic acids is 1. The van der Waals surface area contributed by atoms with Gasteiger partial charge in [-0.2, -0.15) is 0 Å². The van der Waals surface area contributed by atoms with Crippen LogP contribution in [0.5, 0.6) is 23.0 Å². The summed E-state index contributed by atoms with van der Waals surface area (Å²) in [5.74, 6) is 0.687. The van der Waals surface area contributed by atoms with Crippen molar-refractivity contribution in [3.8, 4) is 23.0 Å². The van der Waals surface area contributed by atoms with Gasteiger partial charge in [0.1, 0.15) is 0 Å². The summed E-state index contributed by atoms with van der Waals surface area (Å²) >= 11 is 12.5. The molecule has 6 rings (SSSR count). The number of esters is 1. The number of nitrogens with one attached hydrogen (secondary N) is 1. The van der Waals surface area contributed by atoms with Crippen LogP contribution in [0.4, 0.5) is 0 Å². The highest BCUT2D eigenvalue weighted by Gasteiger charge is 2.26. The van der Waals surface area contributed by atoms with Crippen LogP contribution in [-0.4, -0.2) is 41.3 Å². The molecule has 0 spiro atoms. The summed E-state index contributed by atoms with van der Waals surface area (Å²) in [6, 6.07) is 13.2. The zero-order chi connectivity index (χ0) is 30.8. The van der Waals surface area contributed by atoms with Gasteiger partial charge in [0.05, 0.1) is 24.3 Å². The van der Waals surface area contributed by atoms with Crippen LogP contribution in [0.1, 0.15) is 53.6 Å². The number of rotatable bonds is 5. The Morgan fingerprint density at radius 3 is 2.40 bits per heavy atom. The third-order valence-electron chi connectivity index (χ3n) is 7.64. The fourth-order valence-electron chi connectivity index (χ4n) is 5.61. The molecule has 4 aromatic rings. The predicted molar refractivity (Wildman–Crippen MR) is 169 cm³/mol. The van der Waals surface area contributed by atoms with Gasteiger partial charge in [-0.1, -0.05) is 40.9 Å². The molecule has 2 heterocycles. The first-order valence-electron chi connectivity index (χ1n) is 13.8. The molecule has 0 bridgehead atoms. The molecular formula is C33H32Cl2N2O6. The largest absolute Gasteiger partial charge is 0.504 e. The van der Waals surface area contributed by atoms with Crippen LogP contribution in [-0.2, 0) is 22.4 Å². The van der Waals surface area contributed by atoms with E-state index in [4.69, 9.17) is 37.4 Å². The zero-order valence-corrected chi connectivity index (χ0v) is 25.8. The van der Waals surface area contributed by atoms with Crippen molar-refractivity contribution in [2.75, 3.05) is 14.2 Å². The molecule has 3 aromatic carbocycles. The van der Waals surface area contributed by atoms with Gasteiger partial charge in [-0.3, -0.25) is 0 Å². The Kier molecular flexibility index (Phi) is 8.89. The molecule has 0 saturated carbocycles. The standard InChI is InChI=1S/C21H22ClNO2.C12H10ClNO4/c1-12-6-8-17-16(10-12)15-5-3-4-14(20(15)23-17)11-13-7-9-18(24)21(25-2)19(13)22;1-6-14-8(12(16)18-6)5-7-3-4-9(15)11(17-2)10(7)13/h6-10,14,23-24H,3-5,11H2,1-2H3;3-5,15H,1-2H3/b;8-5-. The first-order valence-corrected chi connectivity index (χ1v) is 14.6. The SMILES string of the molecule is COc1c(O)ccc(/C=C2\N=C(C)OC2=O)c1Cl.COc1c(O)ccc(CC2CCCc3c2[nH]c2ccc(C)cc32)c1Cl. The van der Waals surface area contributed by atoms with Crippen LogP contribution in [0.15, 0.2) is 53.2 Å². The number of hydrogen-bond acceptors (Lipinski definition) is 7. The molecule has 10 heteroatoms. The van der Waals surface area contributed by atoms with Gasteiger partial charge in [0, 0.05) is 29.4 Å². The summed E-state index contributed by atoms with van der Waals surface area (Å²) < 4.78 is 15.0. The average Bonchev–Trinajstić information content (AvgIpc) is 3.51. The third-order valence-corrected chi connectivity index (χ3v) is 8.44. The number of H-pyrrole nitrogens is 1. The number of halogens is 2. The second-order valence-corrected chi connectivity index (χ2v) is 11.3. The van der Waals surface area contributed by atoms with Crippen molar-refractivity contribution in [3.05, 3.63) is 86.2 Å². The number of benzene rings is 3. The Morgan fingerprint density at radius 2 is 1.72 bits per heavy atom. The van der Waals surface area contributed by atoms with Crippen molar-refractivity contribution in [1.82, 2.24) is 4.98 Å². The van der Waals surface area contributed by atoms with E-state index in [2.05, 4.69) is 35.1 Å². The fourth-order valence-corrected chi connectivity index (χ4v) is 6.21. The lowest BCUT2D eigenvalue weighted by atomic mass is 9.83. The van der Waals surface area contributed by atoms with Crippen LogP contribution in [0.2, 0.25) is 10.0 Å². The Balaban J connectivity index is 0.000000181. The van der Waals surface area contributed by atoms with Gasteiger partial charge in [-0.15, -0.1) is 0 Å². The minimum Gasteiger partial charge on any atom is -0.504 e. The molecule has 1 unspecified atom stereocenters. The quantitative estimate of drug-likeness (QED) is 0.154. The molecule has 1 atom stereocenters. The van der Waals surface area contributed by atoms with Crippen molar-refractivity contribution in [1.29, 1.82) is 0 Å². The molecule has 0 saturated heterocycles. The number of phenols is 2. The van der Waals surface area contributed by atoms with Crippen molar-refractivity contribution >= 4 is 52.0 Å². The van der Waals surface area contributed by atoms with Crippen LogP contribution < -0.4 is 9.47 Å². The number of aliphatic imine (C=N–C) groups is 1. The second kappa shape index (κ2) is 12.6. The zero-order valence-electron chi connectivity index (χ0n) is 24.3. The molecule has 0 fully saturated rings. The lowest BCUT2D eigenvalue weighted by Gasteiger charge is -2.23. The van der Waals surface area contributed by atoms with Crippen LogP contribution >= 0.6 is 23.2 Å². The van der Waals surface area contributed by atoms with Gasteiger partial charge in [-0.25, -0.2) is 9.79 Å². The molecule has 43 heavy (non-hydrogen) atoms. The number of hydrogen-bond donors (Lipinski definition) is 3. The summed E-state index contributed by atoms with van der Waals surface area (Å²) in [6.07, 6.45) is 5.77. The van der Waals surface area contributed by atoms with Gasteiger partial charge in [-0.05, 0) is 85.7 Å². The van der Waals surface area contributed by atoms with Crippen molar-refractivity contribution < 1.29 is 29.2 Å². The number of phenolic OH excluding ortho intramolecular Hbond substituents is 2. The van der Waals surface area contributed by atoms with Crippen LogP contribution in [0, 0.1) is 6.92 Å². The molecule has 3 N–H and O–H groups in total. The van der Waals surface area contributed by atoms with Crippen molar-refractivity contribution in [2.24, 2.45) is 4.99 Å². The topological polar surface area (TPSA) is 113 Å². The maximum absolute atomic E-state index is 11.4. The molecule has 0 amide bonds. The number of carbonyl (C=O) groups is 1. The lowest BCUT2D eigenvalue weighted by molar-refractivity contribution is -0.130. The molecule has 0 radical (unpaired) electrons. The number of fused-ring (bicyclic) bond motifs is 3.